The molecule has 4 heteroatoms. The summed E-state index contributed by atoms with van der Waals surface area (Å²) in [5.41, 5.74) is 6.06. The molecule has 0 bridgehead atoms. The number of nitrogens with zero attached hydrogens (tertiary/aromatic N) is 2. The van der Waals surface area contributed by atoms with Crippen LogP contribution < -0.4 is 0 Å². The van der Waals surface area contributed by atoms with Gasteiger partial charge in [-0.1, -0.05) is 48.5 Å². The number of hydrogen-bond donors (Lipinski definition) is 0. The van der Waals surface area contributed by atoms with E-state index in [9.17, 15) is 0 Å². The summed E-state index contributed by atoms with van der Waals surface area (Å²) in [7, 11) is 0. The highest BCUT2D eigenvalue weighted by atomic mass is 127. The van der Waals surface area contributed by atoms with Crippen LogP contribution in [0.3, 0.4) is 0 Å². The van der Waals surface area contributed by atoms with Crippen molar-refractivity contribution in [3.63, 3.8) is 0 Å². The van der Waals surface area contributed by atoms with Crippen molar-refractivity contribution in [1.29, 1.82) is 0 Å². The molecule has 0 aliphatic rings. The molecule has 0 saturated heterocycles. The van der Waals surface area contributed by atoms with Crippen LogP contribution in [0.4, 0.5) is 0 Å². The molecule has 0 atom stereocenters. The summed E-state index contributed by atoms with van der Waals surface area (Å²) in [6.45, 7) is 5.38. The van der Waals surface area contributed by atoms with E-state index in [0.717, 1.165) is 9.53 Å². The summed E-state index contributed by atoms with van der Waals surface area (Å²) in [5, 5.41) is 0. The maximum Gasteiger partial charge on any atom is 0.173 e. The minimum Gasteiger partial charge on any atom is -0.356 e. The number of hydrogen-bond acceptors (Lipinski definition) is 2. The molecule has 1 aromatic heterocycles. The van der Waals surface area contributed by atoms with Crippen LogP contribution >= 0.6 is 22.6 Å². The van der Waals surface area contributed by atoms with Gasteiger partial charge < -0.3 is 4.74 Å². The Morgan fingerprint density at radius 3 is 2.61 bits per heavy atom. The SMILES string of the molecule is Cc1cccc(-c2cnc(I)n2COCc2ccccc2)c1C. The molecule has 3 rings (SSSR count). The Bertz CT molecular complexity index is 796. The van der Waals surface area contributed by atoms with Gasteiger partial charge in [0.1, 0.15) is 6.73 Å². The molecule has 0 saturated carbocycles. The van der Waals surface area contributed by atoms with Crippen molar-refractivity contribution in [2.45, 2.75) is 27.2 Å². The van der Waals surface area contributed by atoms with Crippen LogP contribution in [-0.2, 0) is 18.1 Å². The van der Waals surface area contributed by atoms with Gasteiger partial charge in [-0.15, -0.1) is 0 Å². The zero-order chi connectivity index (χ0) is 16.2. The summed E-state index contributed by atoms with van der Waals surface area (Å²) in [5.74, 6) is 0. The van der Waals surface area contributed by atoms with Crippen LogP contribution in [0.5, 0.6) is 0 Å². The lowest BCUT2D eigenvalue weighted by Gasteiger charge is -2.13. The highest BCUT2D eigenvalue weighted by Crippen LogP contribution is 2.27. The average Bonchev–Trinajstić information content (AvgIpc) is 2.92. The van der Waals surface area contributed by atoms with Crippen LogP contribution in [0.15, 0.2) is 54.7 Å². The molecular formula is C19H19IN2O. The quantitative estimate of drug-likeness (QED) is 0.549. The Morgan fingerprint density at radius 2 is 1.83 bits per heavy atom. The van der Waals surface area contributed by atoms with Crippen molar-refractivity contribution < 1.29 is 4.74 Å². The van der Waals surface area contributed by atoms with Crippen molar-refractivity contribution in [1.82, 2.24) is 9.55 Å². The number of benzene rings is 2. The summed E-state index contributed by atoms with van der Waals surface area (Å²) < 4.78 is 8.95. The van der Waals surface area contributed by atoms with Crippen LogP contribution in [0.1, 0.15) is 16.7 Å². The zero-order valence-electron chi connectivity index (χ0n) is 13.3. The Hall–Kier alpha value is -1.66. The summed E-state index contributed by atoms with van der Waals surface area (Å²) in [4.78, 5) is 4.46. The topological polar surface area (TPSA) is 27.1 Å². The van der Waals surface area contributed by atoms with Gasteiger partial charge in [0.05, 0.1) is 18.5 Å². The van der Waals surface area contributed by atoms with Crippen molar-refractivity contribution >= 4 is 22.6 Å². The second-order valence-electron chi connectivity index (χ2n) is 5.55. The summed E-state index contributed by atoms with van der Waals surface area (Å²) in [6, 6.07) is 16.6. The fraction of sp³-hybridized carbons (Fsp3) is 0.211. The largest absolute Gasteiger partial charge is 0.356 e. The van der Waals surface area contributed by atoms with E-state index in [1.807, 2.05) is 24.4 Å². The monoisotopic (exact) mass is 418 g/mol. The summed E-state index contributed by atoms with van der Waals surface area (Å²) in [6.07, 6.45) is 1.93. The molecule has 3 nitrogen and oxygen atoms in total. The minimum atomic E-state index is 0.496. The molecule has 0 aliphatic carbocycles. The normalized spacial score (nSPS) is 10.9. The lowest BCUT2D eigenvalue weighted by molar-refractivity contribution is 0.0633. The maximum absolute atomic E-state index is 5.90. The smallest absolute Gasteiger partial charge is 0.173 e. The van der Waals surface area contributed by atoms with Gasteiger partial charge in [-0.05, 0) is 30.5 Å². The number of aromatic nitrogens is 2. The predicted octanol–water partition coefficient (Wildman–Crippen LogP) is 4.95. The van der Waals surface area contributed by atoms with Crippen molar-refractivity contribution in [3.8, 4) is 11.3 Å². The Kier molecular flexibility index (Phi) is 5.13. The first-order valence-electron chi connectivity index (χ1n) is 7.56. The van der Waals surface area contributed by atoms with Crippen molar-refractivity contribution in [2.24, 2.45) is 0 Å². The standard InChI is InChI=1S/C19H19IN2O/c1-14-7-6-10-17(15(14)2)18-11-21-19(20)22(18)13-23-12-16-8-4-3-5-9-16/h3-11H,12-13H2,1-2H3. The molecule has 0 aliphatic heterocycles. The molecule has 0 amide bonds. The Labute approximate surface area is 150 Å². The fourth-order valence-electron chi connectivity index (χ4n) is 2.55. The third-order valence-electron chi connectivity index (χ3n) is 4.02. The molecule has 0 spiro atoms. The third kappa shape index (κ3) is 3.64. The summed E-state index contributed by atoms with van der Waals surface area (Å²) >= 11 is 2.25. The molecule has 2 aromatic carbocycles. The number of ether oxygens (including phenoxy) is 1. The van der Waals surface area contributed by atoms with Gasteiger partial charge in [-0.25, -0.2) is 4.98 Å². The maximum atomic E-state index is 5.90. The molecule has 0 fully saturated rings. The van der Waals surface area contributed by atoms with Crippen LogP contribution in [-0.4, -0.2) is 9.55 Å². The highest BCUT2D eigenvalue weighted by molar-refractivity contribution is 14.1. The van der Waals surface area contributed by atoms with E-state index < -0.39 is 0 Å². The van der Waals surface area contributed by atoms with Crippen molar-refractivity contribution in [3.05, 3.63) is 75.2 Å². The second kappa shape index (κ2) is 7.27. The minimum absolute atomic E-state index is 0.496. The zero-order valence-corrected chi connectivity index (χ0v) is 15.4. The van der Waals surface area contributed by atoms with Gasteiger partial charge >= 0.3 is 0 Å². The first kappa shape index (κ1) is 16.2. The third-order valence-corrected chi connectivity index (χ3v) is 4.88. The Balaban J connectivity index is 1.80. The van der Waals surface area contributed by atoms with E-state index in [0.29, 0.717) is 13.3 Å². The molecule has 118 valence electrons. The molecule has 0 radical (unpaired) electrons. The van der Waals surface area contributed by atoms with E-state index in [-0.39, 0.29) is 0 Å². The van der Waals surface area contributed by atoms with Gasteiger partial charge in [0.15, 0.2) is 3.83 Å². The highest BCUT2D eigenvalue weighted by Gasteiger charge is 2.12. The van der Waals surface area contributed by atoms with E-state index in [1.54, 1.807) is 0 Å². The van der Waals surface area contributed by atoms with Crippen LogP contribution in [0, 0.1) is 17.7 Å². The van der Waals surface area contributed by atoms with E-state index in [1.165, 1.54) is 22.3 Å². The average molecular weight is 418 g/mol. The van der Waals surface area contributed by atoms with Gasteiger partial charge in [0, 0.05) is 28.2 Å². The lowest BCUT2D eigenvalue weighted by atomic mass is 10.0. The van der Waals surface area contributed by atoms with Gasteiger partial charge in [-0.2, -0.15) is 0 Å². The van der Waals surface area contributed by atoms with Crippen LogP contribution in [0.25, 0.3) is 11.3 Å². The van der Waals surface area contributed by atoms with Gasteiger partial charge in [0.2, 0.25) is 0 Å². The Morgan fingerprint density at radius 1 is 1.04 bits per heavy atom. The number of aryl methyl sites for hydroxylation is 1. The first-order chi connectivity index (χ1) is 11.2. The molecular weight excluding hydrogens is 399 g/mol. The number of rotatable bonds is 5. The predicted molar refractivity (Wildman–Crippen MR) is 101 cm³/mol. The number of halogens is 1. The van der Waals surface area contributed by atoms with E-state index in [4.69, 9.17) is 4.74 Å². The fourth-order valence-corrected chi connectivity index (χ4v) is 3.09. The second-order valence-corrected chi connectivity index (χ2v) is 6.52. The van der Waals surface area contributed by atoms with Gasteiger partial charge in [0.25, 0.3) is 0 Å². The molecule has 23 heavy (non-hydrogen) atoms. The molecule has 3 aromatic rings. The first-order valence-corrected chi connectivity index (χ1v) is 8.64. The molecule has 0 N–H and O–H groups in total. The van der Waals surface area contributed by atoms with Gasteiger partial charge in [-0.3, -0.25) is 4.57 Å². The molecule has 1 heterocycles. The van der Waals surface area contributed by atoms with Crippen molar-refractivity contribution in [2.75, 3.05) is 0 Å². The number of imidazole rings is 1. The van der Waals surface area contributed by atoms with E-state index >= 15 is 0 Å². The molecule has 0 unspecified atom stereocenters. The van der Waals surface area contributed by atoms with E-state index in [2.05, 4.69) is 76.3 Å². The lowest BCUT2D eigenvalue weighted by Crippen LogP contribution is -2.07. The van der Waals surface area contributed by atoms with Crippen LogP contribution in [0.2, 0.25) is 0 Å².